The number of aromatic nitrogens is 3. The molecule has 0 spiro atoms. The Morgan fingerprint density at radius 3 is 2.82 bits per heavy atom. The quantitative estimate of drug-likeness (QED) is 0.496. The van der Waals surface area contributed by atoms with Crippen LogP contribution in [0.1, 0.15) is 10.5 Å². The van der Waals surface area contributed by atoms with E-state index in [2.05, 4.69) is 33.1 Å². The van der Waals surface area contributed by atoms with Gasteiger partial charge >= 0.3 is 0 Å². The van der Waals surface area contributed by atoms with E-state index in [4.69, 9.17) is 4.74 Å². The number of methoxy groups -OCH3 is 1. The van der Waals surface area contributed by atoms with E-state index in [1.54, 1.807) is 7.11 Å². The highest BCUT2D eigenvalue weighted by Crippen LogP contribution is 2.30. The van der Waals surface area contributed by atoms with Gasteiger partial charge in [-0.25, -0.2) is 4.98 Å². The van der Waals surface area contributed by atoms with Crippen LogP contribution in [-0.2, 0) is 17.8 Å². The zero-order valence-corrected chi connectivity index (χ0v) is 16.5. The Hall–Kier alpha value is -2.90. The van der Waals surface area contributed by atoms with Crippen molar-refractivity contribution in [3.8, 4) is 10.7 Å². The first kappa shape index (κ1) is 18.5. The lowest BCUT2D eigenvalue weighted by atomic mass is 10.2. The van der Waals surface area contributed by atoms with Crippen LogP contribution in [0.25, 0.3) is 21.6 Å². The molecule has 1 N–H and O–H groups in total. The van der Waals surface area contributed by atoms with Crippen LogP contribution < -0.4 is 5.32 Å². The van der Waals surface area contributed by atoms with Crippen molar-refractivity contribution in [1.29, 1.82) is 0 Å². The average molecular weight is 395 g/mol. The lowest BCUT2D eigenvalue weighted by molar-refractivity contribution is 0.0948. The zero-order valence-electron chi connectivity index (χ0n) is 15.7. The van der Waals surface area contributed by atoms with Crippen LogP contribution in [0, 0.1) is 0 Å². The first-order valence-corrected chi connectivity index (χ1v) is 10.1. The fourth-order valence-electron chi connectivity index (χ4n) is 3.22. The van der Waals surface area contributed by atoms with Crippen LogP contribution in [0.15, 0.2) is 60.2 Å². The number of para-hydroxylation sites is 1. The van der Waals surface area contributed by atoms with Crippen LogP contribution >= 0.6 is 11.3 Å². The predicted octanol–water partition coefficient (Wildman–Crippen LogP) is 3.64. The van der Waals surface area contributed by atoms with Gasteiger partial charge in [-0.1, -0.05) is 18.2 Å². The largest absolute Gasteiger partial charge is 0.383 e. The normalized spacial score (nSPS) is 11.2. The van der Waals surface area contributed by atoms with Crippen molar-refractivity contribution in [1.82, 2.24) is 19.4 Å². The molecule has 0 aliphatic carbocycles. The van der Waals surface area contributed by atoms with Crippen molar-refractivity contribution in [2.24, 2.45) is 0 Å². The maximum Gasteiger partial charge on any atom is 0.270 e. The number of ether oxygens (including phenoxy) is 1. The molecule has 28 heavy (non-hydrogen) atoms. The monoisotopic (exact) mass is 394 g/mol. The van der Waals surface area contributed by atoms with Gasteiger partial charge in [0.25, 0.3) is 5.91 Å². The lowest BCUT2D eigenvalue weighted by Crippen LogP contribution is -2.27. The van der Waals surface area contributed by atoms with Gasteiger partial charge < -0.3 is 19.2 Å². The Morgan fingerprint density at radius 1 is 1.18 bits per heavy atom. The Morgan fingerprint density at radius 2 is 2.00 bits per heavy atom. The van der Waals surface area contributed by atoms with Gasteiger partial charge in [0, 0.05) is 55.4 Å². The number of hydrogen-bond donors (Lipinski definition) is 1. The Labute approximate surface area is 167 Å². The third kappa shape index (κ3) is 3.85. The van der Waals surface area contributed by atoms with E-state index in [-0.39, 0.29) is 5.91 Å². The summed E-state index contributed by atoms with van der Waals surface area (Å²) in [5, 5.41) is 6.74. The highest BCUT2D eigenvalue weighted by Gasteiger charge is 2.16. The van der Waals surface area contributed by atoms with Crippen LogP contribution in [0.3, 0.4) is 0 Å². The summed E-state index contributed by atoms with van der Waals surface area (Å²) in [6.45, 7) is 2.65. The zero-order chi connectivity index (χ0) is 19.3. The first-order valence-electron chi connectivity index (χ1n) is 9.18. The van der Waals surface area contributed by atoms with Crippen molar-refractivity contribution in [3.05, 3.63) is 65.9 Å². The number of rotatable bonds is 8. The van der Waals surface area contributed by atoms with Crippen molar-refractivity contribution in [2.45, 2.75) is 13.1 Å². The number of fused-ring (bicyclic) bond motifs is 1. The SMILES string of the molecule is COCCn1c(-c2nc(C(=O)NCCn3cccc3)cs2)cc2ccccc21. The molecule has 0 unspecified atom stereocenters. The predicted molar refractivity (Wildman–Crippen MR) is 112 cm³/mol. The van der Waals surface area contributed by atoms with Gasteiger partial charge in [0.05, 0.1) is 12.3 Å². The van der Waals surface area contributed by atoms with Gasteiger partial charge in [-0.15, -0.1) is 11.3 Å². The van der Waals surface area contributed by atoms with Crippen molar-refractivity contribution in [3.63, 3.8) is 0 Å². The summed E-state index contributed by atoms with van der Waals surface area (Å²) in [7, 11) is 1.70. The number of hydrogen-bond acceptors (Lipinski definition) is 4. The Bertz CT molecular complexity index is 1070. The number of nitrogens with one attached hydrogen (secondary N) is 1. The second-order valence-electron chi connectivity index (χ2n) is 6.45. The minimum atomic E-state index is -0.144. The fourth-order valence-corrected chi connectivity index (χ4v) is 4.04. The van der Waals surface area contributed by atoms with Gasteiger partial charge in [-0.3, -0.25) is 4.79 Å². The van der Waals surface area contributed by atoms with Crippen LogP contribution in [0.4, 0.5) is 0 Å². The van der Waals surface area contributed by atoms with E-state index in [0.29, 0.717) is 18.8 Å². The number of benzene rings is 1. The van der Waals surface area contributed by atoms with Crippen molar-refractivity contribution in [2.75, 3.05) is 20.3 Å². The maximum atomic E-state index is 12.4. The second kappa shape index (κ2) is 8.41. The number of nitrogens with zero attached hydrogens (tertiary/aromatic N) is 3. The molecule has 144 valence electrons. The molecule has 0 saturated heterocycles. The molecule has 0 saturated carbocycles. The molecule has 1 aromatic carbocycles. The highest BCUT2D eigenvalue weighted by atomic mass is 32.1. The topological polar surface area (TPSA) is 61.1 Å². The molecular formula is C21H22N4O2S. The van der Waals surface area contributed by atoms with E-state index >= 15 is 0 Å². The molecule has 1 amide bonds. The van der Waals surface area contributed by atoms with Gasteiger partial charge in [-0.2, -0.15) is 0 Å². The number of amides is 1. The van der Waals surface area contributed by atoms with E-state index in [0.717, 1.165) is 34.7 Å². The fraction of sp³-hybridized carbons (Fsp3) is 0.238. The molecule has 0 aliphatic heterocycles. The van der Waals surface area contributed by atoms with E-state index in [1.807, 2.05) is 46.6 Å². The summed E-state index contributed by atoms with van der Waals surface area (Å²) >= 11 is 1.49. The molecule has 3 aromatic heterocycles. The summed E-state index contributed by atoms with van der Waals surface area (Å²) < 4.78 is 9.50. The molecule has 0 fully saturated rings. The van der Waals surface area contributed by atoms with Gasteiger partial charge in [0.2, 0.25) is 0 Å². The standard InChI is InChI=1S/C21H22N4O2S/c1-27-13-12-25-18-7-3-2-6-16(18)14-19(25)21-23-17(15-28-21)20(26)22-8-11-24-9-4-5-10-24/h2-7,9-10,14-15H,8,11-13H2,1H3,(H,22,26). The summed E-state index contributed by atoms with van der Waals surface area (Å²) in [6.07, 6.45) is 3.96. The molecule has 0 atom stereocenters. The molecular weight excluding hydrogens is 372 g/mol. The Balaban J connectivity index is 1.52. The maximum absolute atomic E-state index is 12.4. The molecule has 7 heteroatoms. The molecule has 0 radical (unpaired) electrons. The van der Waals surface area contributed by atoms with Crippen molar-refractivity contribution >= 4 is 28.1 Å². The number of carbonyl (C=O) groups excluding carboxylic acids is 1. The summed E-state index contributed by atoms with van der Waals surface area (Å²) in [5.41, 5.74) is 2.60. The lowest BCUT2D eigenvalue weighted by Gasteiger charge is -2.08. The molecule has 0 aliphatic rings. The Kier molecular flexibility index (Phi) is 5.55. The second-order valence-corrected chi connectivity index (χ2v) is 7.31. The number of thiazole rings is 1. The average Bonchev–Trinajstić information content (AvgIpc) is 3.45. The van der Waals surface area contributed by atoms with E-state index in [9.17, 15) is 4.79 Å². The minimum absolute atomic E-state index is 0.144. The van der Waals surface area contributed by atoms with E-state index < -0.39 is 0 Å². The van der Waals surface area contributed by atoms with Crippen LogP contribution in [-0.4, -0.2) is 40.3 Å². The molecule has 4 aromatic rings. The van der Waals surface area contributed by atoms with Gasteiger partial charge in [-0.05, 0) is 24.3 Å². The van der Waals surface area contributed by atoms with E-state index in [1.165, 1.54) is 11.3 Å². The molecule has 3 heterocycles. The first-order chi connectivity index (χ1) is 13.8. The summed E-state index contributed by atoms with van der Waals surface area (Å²) in [4.78, 5) is 17.0. The number of carbonyl (C=O) groups is 1. The van der Waals surface area contributed by atoms with Gasteiger partial charge in [0.15, 0.2) is 0 Å². The summed E-state index contributed by atoms with van der Waals surface area (Å²) in [5.74, 6) is -0.144. The van der Waals surface area contributed by atoms with Crippen molar-refractivity contribution < 1.29 is 9.53 Å². The third-order valence-corrected chi connectivity index (χ3v) is 5.47. The van der Waals surface area contributed by atoms with Crippen LogP contribution in [0.5, 0.6) is 0 Å². The third-order valence-electron chi connectivity index (χ3n) is 4.61. The highest BCUT2D eigenvalue weighted by molar-refractivity contribution is 7.13. The molecule has 0 bridgehead atoms. The molecule has 6 nitrogen and oxygen atoms in total. The minimum Gasteiger partial charge on any atom is -0.383 e. The summed E-state index contributed by atoms with van der Waals surface area (Å²) in [6, 6.07) is 14.3. The van der Waals surface area contributed by atoms with Gasteiger partial charge in [0.1, 0.15) is 10.7 Å². The smallest absolute Gasteiger partial charge is 0.270 e. The molecule has 4 rings (SSSR count). The van der Waals surface area contributed by atoms with Crippen LogP contribution in [0.2, 0.25) is 0 Å².